The van der Waals surface area contributed by atoms with Gasteiger partial charge >= 0.3 is 9.28 Å². The molecular formula is C11H19NO2Si. The summed E-state index contributed by atoms with van der Waals surface area (Å²) in [5.41, 5.74) is 1.36. The molecule has 0 saturated carbocycles. The fraction of sp³-hybridized carbons (Fsp3) is 0.545. The molecule has 0 aromatic carbocycles. The SMILES string of the molecule is CCO[SiH](OCC)C(C)c1ccccn1. The standard InChI is InChI=1S/C11H19NO2Si/c1-4-13-15(14-5-2)10(3)11-8-6-7-9-12-11/h6-10,15H,4-5H2,1-3H3. The van der Waals surface area contributed by atoms with Crippen molar-refractivity contribution < 1.29 is 8.85 Å². The Balaban J connectivity index is 2.67. The van der Waals surface area contributed by atoms with Crippen molar-refractivity contribution in [2.45, 2.75) is 26.3 Å². The average molecular weight is 225 g/mol. The zero-order chi connectivity index (χ0) is 11.1. The predicted molar refractivity (Wildman–Crippen MR) is 63.1 cm³/mol. The molecule has 4 heteroatoms. The summed E-state index contributed by atoms with van der Waals surface area (Å²) in [6.45, 7) is 7.57. The lowest BCUT2D eigenvalue weighted by Gasteiger charge is -2.20. The average Bonchev–Trinajstić information content (AvgIpc) is 2.29. The van der Waals surface area contributed by atoms with Crippen LogP contribution in [0.2, 0.25) is 0 Å². The molecule has 1 unspecified atom stereocenters. The monoisotopic (exact) mass is 225 g/mol. The van der Waals surface area contributed by atoms with Crippen molar-refractivity contribution in [2.75, 3.05) is 13.2 Å². The van der Waals surface area contributed by atoms with Gasteiger partial charge in [0.05, 0.1) is 0 Å². The first-order valence-corrected chi connectivity index (χ1v) is 7.04. The molecule has 1 aromatic heterocycles. The summed E-state index contributed by atoms with van der Waals surface area (Å²) < 4.78 is 11.4. The van der Waals surface area contributed by atoms with Crippen LogP contribution in [0.15, 0.2) is 24.4 Å². The zero-order valence-corrected chi connectivity index (χ0v) is 10.8. The summed E-state index contributed by atoms with van der Waals surface area (Å²) in [5, 5.41) is 0. The van der Waals surface area contributed by atoms with Crippen LogP contribution in [-0.4, -0.2) is 27.5 Å². The molecule has 0 bridgehead atoms. The van der Waals surface area contributed by atoms with Crippen LogP contribution in [0.4, 0.5) is 0 Å². The quantitative estimate of drug-likeness (QED) is 0.694. The van der Waals surface area contributed by atoms with Crippen LogP contribution in [0.3, 0.4) is 0 Å². The molecule has 0 radical (unpaired) electrons. The van der Waals surface area contributed by atoms with Crippen LogP contribution in [0.5, 0.6) is 0 Å². The number of nitrogens with zero attached hydrogens (tertiary/aromatic N) is 1. The van der Waals surface area contributed by atoms with Gasteiger partial charge in [0.25, 0.3) is 0 Å². The van der Waals surface area contributed by atoms with E-state index in [1.54, 1.807) is 0 Å². The highest BCUT2D eigenvalue weighted by Gasteiger charge is 2.23. The van der Waals surface area contributed by atoms with Crippen LogP contribution >= 0.6 is 0 Å². The maximum Gasteiger partial charge on any atom is 0.330 e. The van der Waals surface area contributed by atoms with Gasteiger partial charge < -0.3 is 8.85 Å². The van der Waals surface area contributed by atoms with Gasteiger partial charge in [-0.1, -0.05) is 13.0 Å². The molecule has 1 heterocycles. The highest BCUT2D eigenvalue weighted by molar-refractivity contribution is 6.46. The molecule has 1 atom stereocenters. The van der Waals surface area contributed by atoms with Crippen LogP contribution in [-0.2, 0) is 8.85 Å². The largest absolute Gasteiger partial charge is 0.396 e. The van der Waals surface area contributed by atoms with Gasteiger partial charge in [-0.15, -0.1) is 0 Å². The summed E-state index contributed by atoms with van der Waals surface area (Å²) in [7, 11) is -1.62. The lowest BCUT2D eigenvalue weighted by molar-refractivity contribution is 0.206. The molecule has 0 aliphatic carbocycles. The first-order valence-electron chi connectivity index (χ1n) is 5.43. The first-order chi connectivity index (χ1) is 7.29. The predicted octanol–water partition coefficient (Wildman–Crippen LogP) is 2.02. The Hall–Kier alpha value is -0.713. The Morgan fingerprint density at radius 3 is 2.40 bits per heavy atom. The number of hydrogen-bond acceptors (Lipinski definition) is 3. The lowest BCUT2D eigenvalue weighted by Crippen LogP contribution is -2.30. The number of pyridine rings is 1. The molecule has 0 spiro atoms. The Labute approximate surface area is 93.3 Å². The van der Waals surface area contributed by atoms with E-state index in [1.165, 1.54) is 0 Å². The maximum atomic E-state index is 5.68. The van der Waals surface area contributed by atoms with Gasteiger partial charge in [-0.3, -0.25) is 4.98 Å². The van der Waals surface area contributed by atoms with Gasteiger partial charge in [0.1, 0.15) is 0 Å². The lowest BCUT2D eigenvalue weighted by atomic mass is 10.3. The molecule has 3 nitrogen and oxygen atoms in total. The van der Waals surface area contributed by atoms with Gasteiger partial charge in [0.2, 0.25) is 0 Å². The normalized spacial score (nSPS) is 13.1. The van der Waals surface area contributed by atoms with Gasteiger partial charge in [0.15, 0.2) is 0 Å². The summed E-state index contributed by atoms with van der Waals surface area (Å²) in [4.78, 5) is 4.34. The van der Waals surface area contributed by atoms with Crippen LogP contribution in [0, 0.1) is 0 Å². The topological polar surface area (TPSA) is 31.4 Å². The maximum absolute atomic E-state index is 5.68. The third kappa shape index (κ3) is 3.74. The van der Waals surface area contributed by atoms with Crippen LogP contribution in [0.25, 0.3) is 0 Å². The van der Waals surface area contributed by atoms with E-state index in [4.69, 9.17) is 8.85 Å². The third-order valence-corrected chi connectivity index (χ3v) is 4.71. The van der Waals surface area contributed by atoms with Crippen molar-refractivity contribution >= 4 is 9.28 Å². The van der Waals surface area contributed by atoms with E-state index in [2.05, 4.69) is 11.9 Å². The van der Waals surface area contributed by atoms with Gasteiger partial charge in [-0.05, 0) is 26.0 Å². The minimum Gasteiger partial charge on any atom is -0.396 e. The smallest absolute Gasteiger partial charge is 0.330 e. The van der Waals surface area contributed by atoms with Gasteiger partial charge in [-0.2, -0.15) is 0 Å². The van der Waals surface area contributed by atoms with E-state index < -0.39 is 9.28 Å². The second-order valence-corrected chi connectivity index (χ2v) is 5.73. The fourth-order valence-corrected chi connectivity index (χ4v) is 3.26. The van der Waals surface area contributed by atoms with Crippen molar-refractivity contribution in [3.05, 3.63) is 30.1 Å². The van der Waals surface area contributed by atoms with E-state index in [-0.39, 0.29) is 0 Å². The van der Waals surface area contributed by atoms with E-state index >= 15 is 0 Å². The second kappa shape index (κ2) is 6.71. The van der Waals surface area contributed by atoms with Crippen molar-refractivity contribution in [3.63, 3.8) is 0 Å². The minimum atomic E-state index is -1.62. The third-order valence-electron chi connectivity index (χ3n) is 2.22. The van der Waals surface area contributed by atoms with Crippen molar-refractivity contribution in [1.82, 2.24) is 4.98 Å². The Morgan fingerprint density at radius 1 is 1.27 bits per heavy atom. The Bertz CT molecular complexity index is 263. The van der Waals surface area contributed by atoms with Crippen molar-refractivity contribution in [2.24, 2.45) is 0 Å². The fourth-order valence-electron chi connectivity index (χ4n) is 1.45. The van der Waals surface area contributed by atoms with E-state index in [0.717, 1.165) is 5.69 Å². The minimum absolute atomic E-state index is 0.297. The molecule has 0 amide bonds. The molecule has 15 heavy (non-hydrogen) atoms. The van der Waals surface area contributed by atoms with Crippen LogP contribution in [0.1, 0.15) is 32.0 Å². The summed E-state index contributed by atoms with van der Waals surface area (Å²) in [6.07, 6.45) is 1.81. The molecule has 0 N–H and O–H groups in total. The second-order valence-electron chi connectivity index (χ2n) is 3.32. The first kappa shape index (κ1) is 12.4. The van der Waals surface area contributed by atoms with Gasteiger partial charge in [0, 0.05) is 30.6 Å². The molecule has 1 aromatic rings. The van der Waals surface area contributed by atoms with Crippen molar-refractivity contribution in [1.29, 1.82) is 0 Å². The van der Waals surface area contributed by atoms with E-state index in [1.807, 2.05) is 38.2 Å². The molecule has 0 aliphatic rings. The molecular weight excluding hydrogens is 206 g/mol. The Morgan fingerprint density at radius 2 is 1.93 bits per heavy atom. The zero-order valence-electron chi connectivity index (χ0n) is 9.64. The molecule has 0 aliphatic heterocycles. The highest BCUT2D eigenvalue weighted by atomic mass is 28.3. The molecule has 0 fully saturated rings. The molecule has 84 valence electrons. The number of hydrogen-bond donors (Lipinski definition) is 0. The van der Waals surface area contributed by atoms with Crippen LogP contribution < -0.4 is 0 Å². The van der Waals surface area contributed by atoms with E-state index in [0.29, 0.717) is 18.8 Å². The summed E-state index contributed by atoms with van der Waals surface area (Å²) in [5.74, 6) is 0. The summed E-state index contributed by atoms with van der Waals surface area (Å²) >= 11 is 0. The number of aromatic nitrogens is 1. The number of rotatable bonds is 6. The molecule has 1 rings (SSSR count). The van der Waals surface area contributed by atoms with Gasteiger partial charge in [-0.25, -0.2) is 0 Å². The van der Waals surface area contributed by atoms with E-state index in [9.17, 15) is 0 Å². The van der Waals surface area contributed by atoms with Crippen molar-refractivity contribution in [3.8, 4) is 0 Å². The Kier molecular flexibility index (Phi) is 5.53. The summed E-state index contributed by atoms with van der Waals surface area (Å²) in [6, 6.07) is 5.96. The highest BCUT2D eigenvalue weighted by Crippen LogP contribution is 2.17. The molecule has 0 saturated heterocycles.